The number of nitrogens with zero attached hydrogens (tertiary/aromatic N) is 1. The van der Waals surface area contributed by atoms with Crippen molar-refractivity contribution in [1.29, 1.82) is 0 Å². The number of anilines is 1. The van der Waals surface area contributed by atoms with Crippen LogP contribution in [0.1, 0.15) is 6.42 Å². The predicted octanol–water partition coefficient (Wildman–Crippen LogP) is 3.22. The van der Waals surface area contributed by atoms with Gasteiger partial charge < -0.3 is 0 Å². The number of fused-ring (bicyclic) bond motifs is 1. The van der Waals surface area contributed by atoms with E-state index in [2.05, 4.69) is 0 Å². The van der Waals surface area contributed by atoms with Crippen molar-refractivity contribution in [2.45, 2.75) is 17.4 Å². The molecule has 5 nitrogen and oxygen atoms in total. The van der Waals surface area contributed by atoms with Gasteiger partial charge >= 0.3 is 0 Å². The third kappa shape index (κ3) is 3.44. The maximum Gasteiger partial charge on any atom is 0.264 e. The first kappa shape index (κ1) is 18.0. The largest absolute Gasteiger partial charge is 0.264 e. The smallest absolute Gasteiger partial charge is 0.262 e. The molecule has 0 aromatic heterocycles. The number of sulfone groups is 1. The summed E-state index contributed by atoms with van der Waals surface area (Å²) in [5.41, 5.74) is 0.479. The topological polar surface area (TPSA) is 71.5 Å². The number of sulfonamides is 1. The van der Waals surface area contributed by atoms with E-state index in [9.17, 15) is 16.8 Å². The molecule has 7 heteroatoms. The van der Waals surface area contributed by atoms with Crippen LogP contribution in [0.25, 0.3) is 10.8 Å². The van der Waals surface area contributed by atoms with Gasteiger partial charge in [-0.15, -0.1) is 0 Å². The van der Waals surface area contributed by atoms with E-state index in [4.69, 9.17) is 0 Å². The summed E-state index contributed by atoms with van der Waals surface area (Å²) in [7, 11) is -7.14. The fourth-order valence-corrected chi connectivity index (χ4v) is 7.03. The molecule has 1 fully saturated rings. The third-order valence-corrected chi connectivity index (χ3v) is 8.46. The normalized spacial score (nSPS) is 19.2. The molecular formula is C20H19NO4S2. The molecule has 1 aliphatic rings. The van der Waals surface area contributed by atoms with E-state index in [-0.39, 0.29) is 16.4 Å². The number of benzene rings is 3. The summed E-state index contributed by atoms with van der Waals surface area (Å²) in [6.07, 6.45) is 0.296. The summed E-state index contributed by atoms with van der Waals surface area (Å²) >= 11 is 0. The van der Waals surface area contributed by atoms with Gasteiger partial charge in [-0.1, -0.05) is 48.5 Å². The number of hydrogen-bond acceptors (Lipinski definition) is 4. The molecule has 0 amide bonds. The highest BCUT2D eigenvalue weighted by molar-refractivity contribution is 7.93. The van der Waals surface area contributed by atoms with Crippen LogP contribution in [0.3, 0.4) is 0 Å². The minimum absolute atomic E-state index is 0.00818. The molecule has 0 bridgehead atoms. The zero-order chi connectivity index (χ0) is 19.1. The van der Waals surface area contributed by atoms with Gasteiger partial charge in [0.05, 0.1) is 28.1 Å². The Morgan fingerprint density at radius 1 is 0.852 bits per heavy atom. The van der Waals surface area contributed by atoms with Crippen LogP contribution in [0.5, 0.6) is 0 Å². The second-order valence-electron chi connectivity index (χ2n) is 6.70. The van der Waals surface area contributed by atoms with Crippen LogP contribution < -0.4 is 4.31 Å². The first-order chi connectivity index (χ1) is 12.9. The first-order valence-electron chi connectivity index (χ1n) is 8.66. The van der Waals surface area contributed by atoms with Crippen molar-refractivity contribution in [2.75, 3.05) is 15.8 Å². The molecule has 4 rings (SSSR count). The fourth-order valence-electron chi connectivity index (χ4n) is 3.52. The molecule has 140 valence electrons. The second-order valence-corrected chi connectivity index (χ2v) is 10.7. The van der Waals surface area contributed by atoms with Gasteiger partial charge in [-0.25, -0.2) is 16.8 Å². The van der Waals surface area contributed by atoms with Gasteiger partial charge in [-0.3, -0.25) is 4.31 Å². The Kier molecular flexibility index (Phi) is 4.44. The predicted molar refractivity (Wildman–Crippen MR) is 107 cm³/mol. The van der Waals surface area contributed by atoms with Crippen LogP contribution in [0, 0.1) is 0 Å². The Morgan fingerprint density at radius 2 is 1.52 bits per heavy atom. The van der Waals surface area contributed by atoms with E-state index in [1.54, 1.807) is 48.5 Å². The lowest BCUT2D eigenvalue weighted by Crippen LogP contribution is -2.41. The van der Waals surface area contributed by atoms with Crippen LogP contribution in [-0.2, 0) is 19.9 Å². The molecule has 1 heterocycles. The van der Waals surface area contributed by atoms with Crippen LogP contribution in [0.2, 0.25) is 0 Å². The molecule has 0 N–H and O–H groups in total. The van der Waals surface area contributed by atoms with Crippen molar-refractivity contribution in [1.82, 2.24) is 0 Å². The van der Waals surface area contributed by atoms with Crippen LogP contribution in [0.4, 0.5) is 5.69 Å². The van der Waals surface area contributed by atoms with Crippen molar-refractivity contribution >= 4 is 36.3 Å². The van der Waals surface area contributed by atoms with E-state index >= 15 is 0 Å². The quantitative estimate of drug-likeness (QED) is 0.673. The highest BCUT2D eigenvalue weighted by atomic mass is 32.2. The van der Waals surface area contributed by atoms with E-state index in [1.807, 2.05) is 24.3 Å². The molecule has 3 aromatic rings. The SMILES string of the molecule is O=S1(=O)CC[C@@H](N(c2ccccc2)S(=O)(=O)c2ccc3ccccc3c2)C1. The lowest BCUT2D eigenvalue weighted by molar-refractivity contribution is 0.580. The molecule has 3 aromatic carbocycles. The summed E-state index contributed by atoms with van der Waals surface area (Å²) in [6.45, 7) is 0. The van der Waals surface area contributed by atoms with Gasteiger partial charge in [0.1, 0.15) is 0 Å². The minimum atomic E-state index is -3.91. The molecular weight excluding hydrogens is 382 g/mol. The summed E-state index contributed by atoms with van der Waals surface area (Å²) in [5.74, 6) is -0.150. The Morgan fingerprint density at radius 3 is 2.19 bits per heavy atom. The summed E-state index contributed by atoms with van der Waals surface area (Å²) in [6, 6.07) is 20.6. The third-order valence-electron chi connectivity index (χ3n) is 4.83. The fraction of sp³-hybridized carbons (Fsp3) is 0.200. The minimum Gasteiger partial charge on any atom is -0.262 e. The molecule has 1 aliphatic heterocycles. The number of para-hydroxylation sites is 1. The van der Waals surface area contributed by atoms with Crippen molar-refractivity contribution in [3.63, 3.8) is 0 Å². The molecule has 27 heavy (non-hydrogen) atoms. The van der Waals surface area contributed by atoms with E-state index in [0.717, 1.165) is 10.8 Å². The maximum atomic E-state index is 13.5. The van der Waals surface area contributed by atoms with Crippen LogP contribution in [0.15, 0.2) is 77.7 Å². The van der Waals surface area contributed by atoms with Gasteiger partial charge in [0.25, 0.3) is 10.0 Å². The van der Waals surface area contributed by atoms with E-state index < -0.39 is 25.9 Å². The number of hydrogen-bond donors (Lipinski definition) is 0. The van der Waals surface area contributed by atoms with Crippen molar-refractivity contribution in [3.8, 4) is 0 Å². The van der Waals surface area contributed by atoms with Gasteiger partial charge in [0.2, 0.25) is 0 Å². The van der Waals surface area contributed by atoms with Crippen LogP contribution in [-0.4, -0.2) is 34.4 Å². The number of rotatable bonds is 4. The molecule has 0 aliphatic carbocycles. The van der Waals surface area contributed by atoms with Crippen molar-refractivity contribution < 1.29 is 16.8 Å². The molecule has 0 saturated carbocycles. The van der Waals surface area contributed by atoms with Crippen molar-refractivity contribution in [3.05, 3.63) is 72.8 Å². The van der Waals surface area contributed by atoms with Gasteiger partial charge in [0, 0.05) is 0 Å². The molecule has 1 atom stereocenters. The maximum absolute atomic E-state index is 13.5. The highest BCUT2D eigenvalue weighted by Crippen LogP contribution is 2.31. The summed E-state index contributed by atoms with van der Waals surface area (Å²) in [4.78, 5) is 0.161. The van der Waals surface area contributed by atoms with E-state index in [0.29, 0.717) is 12.1 Å². The average Bonchev–Trinajstić information content (AvgIpc) is 3.01. The van der Waals surface area contributed by atoms with Gasteiger partial charge in [0.15, 0.2) is 9.84 Å². The summed E-state index contributed by atoms with van der Waals surface area (Å²) in [5, 5.41) is 1.77. The zero-order valence-corrected chi connectivity index (χ0v) is 16.2. The summed E-state index contributed by atoms with van der Waals surface area (Å²) < 4.78 is 52.3. The Bertz CT molecular complexity index is 1190. The van der Waals surface area contributed by atoms with Crippen molar-refractivity contribution in [2.24, 2.45) is 0 Å². The van der Waals surface area contributed by atoms with Gasteiger partial charge in [-0.05, 0) is 41.5 Å². The Balaban J connectivity index is 1.84. The monoisotopic (exact) mass is 401 g/mol. The van der Waals surface area contributed by atoms with Gasteiger partial charge in [-0.2, -0.15) is 0 Å². The highest BCUT2D eigenvalue weighted by Gasteiger charge is 2.39. The molecule has 0 spiro atoms. The Hall–Kier alpha value is -2.38. The molecule has 0 unspecified atom stereocenters. The standard InChI is InChI=1S/C20H19NO4S2/c22-26(23)13-12-19(15-26)21(18-8-2-1-3-9-18)27(24,25)20-11-10-16-6-4-5-7-17(16)14-20/h1-11,14,19H,12-13,15H2/t19-/m1/s1. The first-order valence-corrected chi connectivity index (χ1v) is 11.9. The second kappa shape index (κ2) is 6.65. The average molecular weight is 402 g/mol. The lowest BCUT2D eigenvalue weighted by atomic mass is 10.1. The van der Waals surface area contributed by atoms with E-state index in [1.165, 1.54) is 4.31 Å². The Labute approximate surface area is 159 Å². The molecule has 1 saturated heterocycles. The molecule has 0 radical (unpaired) electrons. The zero-order valence-electron chi connectivity index (χ0n) is 14.5. The van der Waals surface area contributed by atoms with Crippen LogP contribution >= 0.6 is 0 Å². The lowest BCUT2D eigenvalue weighted by Gasteiger charge is -2.29.